The van der Waals surface area contributed by atoms with Crippen molar-refractivity contribution < 1.29 is 56.6 Å². The highest BCUT2D eigenvalue weighted by Crippen LogP contribution is 2.39. The topological polar surface area (TPSA) is 219 Å². The Morgan fingerprint density at radius 3 is 1.74 bits per heavy atom. The van der Waals surface area contributed by atoms with Crippen LogP contribution in [-0.2, 0) is 55.2 Å². The van der Waals surface area contributed by atoms with Gasteiger partial charge in [-0.1, -0.05) is 165 Å². The number of ketones is 1. The Hall–Kier alpha value is -4.47. The Bertz CT molecular complexity index is 2030. The van der Waals surface area contributed by atoms with Crippen LogP contribution in [0.2, 0.25) is 0 Å². The molecule has 0 radical (unpaired) electrons. The molecule has 1 aromatic carbocycles. The highest BCUT2D eigenvalue weighted by Gasteiger charge is 2.32. The van der Waals surface area contributed by atoms with Crippen molar-refractivity contribution in [2.24, 2.45) is 0 Å². The number of nitrogen functional groups attached to an aromatic ring is 1. The van der Waals surface area contributed by atoms with E-state index in [2.05, 4.69) is 48.1 Å². The molecule has 0 fully saturated rings. The molecule has 16 nitrogen and oxygen atoms in total. The molecule has 1 aliphatic heterocycles. The molecule has 2 N–H and O–H groups in total. The molecule has 0 bridgehead atoms. The number of allylic oxidation sites excluding steroid dienone is 4. The highest BCUT2D eigenvalue weighted by atomic mass is 31.2. The first kappa shape index (κ1) is 65.8. The first-order valence-corrected chi connectivity index (χ1v) is 30.4. The monoisotopic (exact) mass is 1080 g/mol. The van der Waals surface area contributed by atoms with Gasteiger partial charge in [0.25, 0.3) is 7.82 Å². The molecule has 17 heteroatoms. The van der Waals surface area contributed by atoms with Crippen LogP contribution in [-0.4, -0.2) is 79.8 Å². The number of nitrogens with two attached hydrogens (primary N) is 1. The van der Waals surface area contributed by atoms with Gasteiger partial charge < -0.3 is 38.6 Å². The largest absolute Gasteiger partial charge is 0.756 e. The number of unbranched alkanes of at least 4 members (excludes halogenated alkanes) is 22. The summed E-state index contributed by atoms with van der Waals surface area (Å²) in [6.45, 7) is 3.92. The minimum absolute atomic E-state index is 0.0113. The lowest BCUT2D eigenvalue weighted by Crippen LogP contribution is -2.30. The number of carbonyl (C=O) groups is 4. The first-order chi connectivity index (χ1) is 37.0. The van der Waals surface area contributed by atoms with Crippen molar-refractivity contribution in [2.45, 2.75) is 226 Å². The van der Waals surface area contributed by atoms with E-state index in [1.54, 1.807) is 31.4 Å². The predicted molar refractivity (Wildman–Crippen MR) is 298 cm³/mol. The Balaban J connectivity index is 1.40. The van der Waals surface area contributed by atoms with E-state index in [1.165, 1.54) is 81.9 Å². The smallest absolute Gasteiger partial charge is 0.320 e. The lowest BCUT2D eigenvalue weighted by molar-refractivity contribution is -0.228. The number of benzene rings is 1. The van der Waals surface area contributed by atoms with E-state index in [1.807, 2.05) is 0 Å². The molecule has 0 aliphatic carbocycles. The number of hydrogen-bond donors (Lipinski definition) is 1. The van der Waals surface area contributed by atoms with Crippen molar-refractivity contribution >= 4 is 43.1 Å². The Kier molecular flexibility index (Phi) is 36.0. The van der Waals surface area contributed by atoms with Crippen LogP contribution in [0.4, 0.5) is 11.6 Å². The quantitative estimate of drug-likeness (QED) is 0.0214. The fourth-order valence-electron chi connectivity index (χ4n) is 8.71. The molecule has 2 aromatic rings. The molecule has 428 valence electrons. The lowest BCUT2D eigenvalue weighted by Gasteiger charge is -2.25. The molecule has 1 aliphatic rings. The summed E-state index contributed by atoms with van der Waals surface area (Å²) in [5, 5.41) is 0. The minimum Gasteiger partial charge on any atom is -0.756 e. The van der Waals surface area contributed by atoms with Gasteiger partial charge in [0.15, 0.2) is 11.9 Å². The van der Waals surface area contributed by atoms with Crippen molar-refractivity contribution in [1.82, 2.24) is 9.97 Å². The number of Topliss-reactive ketones (excluding diaryl/α,β-unsaturated/α-hetero) is 1. The zero-order valence-corrected chi connectivity index (χ0v) is 47.5. The van der Waals surface area contributed by atoms with E-state index < -0.39 is 32.5 Å². The number of ether oxygens (including phenoxy) is 4. The van der Waals surface area contributed by atoms with E-state index in [0.717, 1.165) is 82.6 Å². The van der Waals surface area contributed by atoms with Crippen LogP contribution >= 0.6 is 7.82 Å². The van der Waals surface area contributed by atoms with Crippen molar-refractivity contribution in [3.8, 4) is 6.01 Å². The molecule has 0 spiro atoms. The second-order valence-corrected chi connectivity index (χ2v) is 21.4. The summed E-state index contributed by atoms with van der Waals surface area (Å²) in [5.74, 6) is -0.885. The third-order valence-electron chi connectivity index (χ3n) is 13.2. The third-order valence-corrected chi connectivity index (χ3v) is 14.2. The summed E-state index contributed by atoms with van der Waals surface area (Å²) < 4.78 is 44.6. The van der Waals surface area contributed by atoms with Gasteiger partial charge in [-0.2, -0.15) is 9.97 Å². The van der Waals surface area contributed by atoms with E-state index >= 15 is 0 Å². The van der Waals surface area contributed by atoms with E-state index in [9.17, 15) is 28.6 Å². The molecule has 2 heterocycles. The van der Waals surface area contributed by atoms with Crippen LogP contribution in [0, 0.1) is 0 Å². The van der Waals surface area contributed by atoms with Crippen molar-refractivity contribution in [3.63, 3.8) is 0 Å². The maximum absolute atomic E-state index is 13.0. The number of aromatic nitrogens is 2. The van der Waals surface area contributed by atoms with Crippen LogP contribution in [0.3, 0.4) is 0 Å². The number of rotatable bonds is 48. The second kappa shape index (κ2) is 41.6. The number of amides is 1. The Labute approximate surface area is 455 Å². The van der Waals surface area contributed by atoms with E-state index in [0.29, 0.717) is 36.4 Å². The molecular formula is C59H94N4O12P-. The molecule has 0 saturated heterocycles. The number of anilines is 2. The standard InChI is InChI=1S/C59H95N4O12P/c1-4-6-8-10-12-14-16-18-20-22-24-26-28-30-32-36-55(66)72-47-51(75-56(67)37-33-31-29-27-25-23-21-19-17-15-13-11-9-7-5-2)48-74-76(68,69)73-42-34-35-53(64)50-40-38-49(39-41-50)46-63-54(65)45-52-57(60)61-59(62-58(52)63)71-44-43-70-3/h18-21,38-41,51H,4-17,22-37,42-48H2,1-3H3,(H,68,69)(H2,60,61,62)/p-1/b20-18+,21-19+/t51-/m1/s1. The van der Waals surface area contributed by atoms with Gasteiger partial charge in [0.2, 0.25) is 5.91 Å². The molecule has 0 saturated carbocycles. The Morgan fingerprint density at radius 2 is 1.18 bits per heavy atom. The van der Waals surface area contributed by atoms with Gasteiger partial charge >= 0.3 is 17.9 Å². The summed E-state index contributed by atoms with van der Waals surface area (Å²) in [4.78, 5) is 74.5. The van der Waals surface area contributed by atoms with Crippen LogP contribution in [0.25, 0.3) is 0 Å². The summed E-state index contributed by atoms with van der Waals surface area (Å²) in [5.41, 5.74) is 7.78. The van der Waals surface area contributed by atoms with Crippen molar-refractivity contribution in [1.29, 1.82) is 0 Å². The zero-order valence-electron chi connectivity index (χ0n) is 46.6. The maximum Gasteiger partial charge on any atom is 0.320 e. The highest BCUT2D eigenvalue weighted by molar-refractivity contribution is 7.45. The summed E-state index contributed by atoms with van der Waals surface area (Å²) in [6.07, 6.45) is 38.0. The van der Waals surface area contributed by atoms with Gasteiger partial charge in [-0.25, -0.2) is 0 Å². The van der Waals surface area contributed by atoms with Crippen LogP contribution in [0.5, 0.6) is 6.01 Å². The molecule has 1 unspecified atom stereocenters. The predicted octanol–water partition coefficient (Wildman–Crippen LogP) is 13.2. The van der Waals surface area contributed by atoms with Gasteiger partial charge in [0.05, 0.1) is 32.8 Å². The van der Waals surface area contributed by atoms with Gasteiger partial charge in [-0.15, -0.1) is 0 Å². The zero-order chi connectivity index (χ0) is 54.9. The van der Waals surface area contributed by atoms with Crippen LogP contribution in [0.1, 0.15) is 228 Å². The number of phosphoric ester groups is 1. The number of esters is 2. The average Bonchev–Trinajstić information content (AvgIpc) is 3.74. The van der Waals surface area contributed by atoms with Gasteiger partial charge in [-0.3, -0.25) is 28.6 Å². The summed E-state index contributed by atoms with van der Waals surface area (Å²) >= 11 is 0. The van der Waals surface area contributed by atoms with Crippen molar-refractivity contribution in [3.05, 3.63) is 65.3 Å². The Morgan fingerprint density at radius 1 is 0.658 bits per heavy atom. The van der Waals surface area contributed by atoms with E-state index in [4.69, 9.17) is 33.7 Å². The average molecular weight is 1080 g/mol. The molecule has 76 heavy (non-hydrogen) atoms. The van der Waals surface area contributed by atoms with E-state index in [-0.39, 0.29) is 82.0 Å². The number of hydrogen-bond acceptors (Lipinski definition) is 15. The molecular weight excluding hydrogens is 988 g/mol. The number of methoxy groups -OCH3 is 1. The summed E-state index contributed by atoms with van der Waals surface area (Å²) in [6, 6.07) is 6.78. The molecule has 2 atom stereocenters. The minimum atomic E-state index is -4.90. The maximum atomic E-state index is 13.0. The summed E-state index contributed by atoms with van der Waals surface area (Å²) in [7, 11) is -3.35. The second-order valence-electron chi connectivity index (χ2n) is 20.0. The number of fused-ring (bicyclic) bond motifs is 1. The van der Waals surface area contributed by atoms with Crippen LogP contribution < -0.4 is 20.3 Å². The molecule has 1 aromatic heterocycles. The lowest BCUT2D eigenvalue weighted by atomic mass is 10.0. The third kappa shape index (κ3) is 30.5. The fourth-order valence-corrected chi connectivity index (χ4v) is 9.49. The fraction of sp³-hybridized carbons (Fsp3) is 0.695. The number of nitrogens with zero attached hydrogens (tertiary/aromatic N) is 3. The molecule has 1 amide bonds. The van der Waals surface area contributed by atoms with Crippen molar-refractivity contribution in [2.75, 3.05) is 50.8 Å². The SMILES string of the molecule is CCCCCCCC/C=C/CCCCCCCC(=O)OC[C@H](COP(=O)([O-])OCCCC(=O)c1ccc(CN2C(=O)Cc3c(N)nc(OCCOC)nc32)cc1)OC(=O)CCCCCCC/C=C/CCCCCCCC. The van der Waals surface area contributed by atoms with Gasteiger partial charge in [-0.05, 0) is 76.2 Å². The van der Waals surface area contributed by atoms with Gasteiger partial charge in [0.1, 0.15) is 24.8 Å². The molecule has 3 rings (SSSR count). The number of carbonyl (C=O) groups excluding carboxylic acids is 4. The first-order valence-electron chi connectivity index (χ1n) is 28.9. The van der Waals surface area contributed by atoms with Gasteiger partial charge in [0, 0.05) is 37.5 Å². The number of phosphoric acid groups is 1. The van der Waals surface area contributed by atoms with Crippen LogP contribution in [0.15, 0.2) is 48.6 Å². The normalized spacial score (nSPS) is 13.6.